The van der Waals surface area contributed by atoms with E-state index in [1.165, 1.54) is 0 Å². The predicted octanol–water partition coefficient (Wildman–Crippen LogP) is 2.39. The first kappa shape index (κ1) is 14.9. The maximum atomic E-state index is 12.0. The summed E-state index contributed by atoms with van der Waals surface area (Å²) >= 11 is 5.93. The first-order valence-corrected chi connectivity index (χ1v) is 7.03. The fraction of sp³-hybridized carbons (Fsp3) is 0.400. The van der Waals surface area contributed by atoms with Crippen molar-refractivity contribution in [2.75, 3.05) is 13.2 Å². The van der Waals surface area contributed by atoms with E-state index in [9.17, 15) is 4.79 Å². The third-order valence-corrected chi connectivity index (χ3v) is 3.30. The molecule has 4 nitrogen and oxygen atoms in total. The Hall–Kier alpha value is -1.52. The number of aliphatic hydroxyl groups excluding tert-OH is 1. The summed E-state index contributed by atoms with van der Waals surface area (Å²) in [6.07, 6.45) is 2.89. The molecule has 0 aliphatic carbocycles. The highest BCUT2D eigenvalue weighted by molar-refractivity contribution is 6.30. The van der Waals surface area contributed by atoms with Gasteiger partial charge in [0.1, 0.15) is 12.4 Å². The molecular formula is C15H18ClNO3. The van der Waals surface area contributed by atoms with Crippen LogP contribution in [-0.4, -0.2) is 30.3 Å². The molecule has 1 aliphatic heterocycles. The number of hydrogen-bond acceptors (Lipinski definition) is 3. The summed E-state index contributed by atoms with van der Waals surface area (Å²) in [5.74, 6) is 0.598. The van der Waals surface area contributed by atoms with Gasteiger partial charge in [0.05, 0.1) is 11.7 Å². The van der Waals surface area contributed by atoms with Crippen molar-refractivity contribution < 1.29 is 14.6 Å². The van der Waals surface area contributed by atoms with E-state index in [1.807, 2.05) is 0 Å². The molecule has 1 aliphatic rings. The van der Waals surface area contributed by atoms with E-state index in [0.717, 1.165) is 17.7 Å². The topological polar surface area (TPSA) is 58.6 Å². The van der Waals surface area contributed by atoms with Gasteiger partial charge >= 0.3 is 0 Å². The molecule has 2 rings (SSSR count). The second-order valence-corrected chi connectivity index (χ2v) is 5.32. The molecule has 20 heavy (non-hydrogen) atoms. The summed E-state index contributed by atoms with van der Waals surface area (Å²) < 4.78 is 5.53. The quantitative estimate of drug-likeness (QED) is 0.820. The first-order valence-electron chi connectivity index (χ1n) is 6.65. The van der Waals surface area contributed by atoms with Crippen molar-refractivity contribution in [3.63, 3.8) is 0 Å². The molecule has 1 aromatic rings. The van der Waals surface area contributed by atoms with Crippen LogP contribution in [0.1, 0.15) is 25.3 Å². The third kappa shape index (κ3) is 3.99. The zero-order valence-corrected chi connectivity index (χ0v) is 12.1. The van der Waals surface area contributed by atoms with Crippen molar-refractivity contribution in [3.8, 4) is 5.75 Å². The molecule has 1 amide bonds. The van der Waals surface area contributed by atoms with Crippen LogP contribution in [0.3, 0.4) is 0 Å². The van der Waals surface area contributed by atoms with Gasteiger partial charge in [-0.15, -0.1) is 0 Å². The highest BCUT2D eigenvalue weighted by Crippen LogP contribution is 2.28. The highest BCUT2D eigenvalue weighted by atomic mass is 35.5. The lowest BCUT2D eigenvalue weighted by atomic mass is 10.1. The van der Waals surface area contributed by atoms with Crippen molar-refractivity contribution in [2.45, 2.75) is 25.9 Å². The van der Waals surface area contributed by atoms with Crippen LogP contribution in [0.15, 0.2) is 23.8 Å². The number of fused-ring (bicyclic) bond motifs is 1. The summed E-state index contributed by atoms with van der Waals surface area (Å²) in [7, 11) is 0. The van der Waals surface area contributed by atoms with Gasteiger partial charge in [-0.2, -0.15) is 0 Å². The first-order chi connectivity index (χ1) is 9.56. The minimum absolute atomic E-state index is 0.138. The van der Waals surface area contributed by atoms with Gasteiger partial charge in [-0.25, -0.2) is 0 Å². The van der Waals surface area contributed by atoms with E-state index in [2.05, 4.69) is 5.32 Å². The molecule has 0 saturated carbocycles. The Morgan fingerprint density at radius 1 is 1.55 bits per heavy atom. The fourth-order valence-corrected chi connectivity index (χ4v) is 2.17. The Morgan fingerprint density at radius 3 is 3.10 bits per heavy atom. The molecule has 2 N–H and O–H groups in total. The lowest BCUT2D eigenvalue weighted by Crippen LogP contribution is -2.29. The fourth-order valence-electron chi connectivity index (χ4n) is 1.99. The standard InChI is InChI=1S/C15H18ClNO3/c1-10(18)3-2-6-17-15(19)12-7-11-8-13(16)4-5-14(11)20-9-12/h4-5,7-8,10,18H,2-3,6,9H2,1H3,(H,17,19). The zero-order valence-electron chi connectivity index (χ0n) is 11.4. The number of carbonyl (C=O) groups excluding carboxylic acids is 1. The average molecular weight is 296 g/mol. The van der Waals surface area contributed by atoms with Gasteiger partial charge in [0, 0.05) is 17.1 Å². The summed E-state index contributed by atoms with van der Waals surface area (Å²) in [6, 6.07) is 5.33. The lowest BCUT2D eigenvalue weighted by molar-refractivity contribution is -0.117. The molecule has 1 atom stereocenters. The summed E-state index contributed by atoms with van der Waals surface area (Å²) in [5.41, 5.74) is 1.40. The Bertz CT molecular complexity index is 526. The Kier molecular flexibility index (Phi) is 5.04. The number of aliphatic hydroxyl groups is 1. The van der Waals surface area contributed by atoms with Crippen molar-refractivity contribution in [3.05, 3.63) is 34.4 Å². The van der Waals surface area contributed by atoms with Gasteiger partial charge < -0.3 is 15.2 Å². The molecule has 1 heterocycles. The number of halogens is 1. The predicted molar refractivity (Wildman–Crippen MR) is 78.8 cm³/mol. The van der Waals surface area contributed by atoms with Crippen molar-refractivity contribution >= 4 is 23.6 Å². The van der Waals surface area contributed by atoms with E-state index in [1.54, 1.807) is 31.2 Å². The van der Waals surface area contributed by atoms with Crippen molar-refractivity contribution in [2.24, 2.45) is 0 Å². The van der Waals surface area contributed by atoms with Crippen LogP contribution in [0.25, 0.3) is 6.08 Å². The normalized spacial score (nSPS) is 14.8. The number of ether oxygens (including phenoxy) is 1. The second-order valence-electron chi connectivity index (χ2n) is 4.89. The smallest absolute Gasteiger partial charge is 0.250 e. The third-order valence-electron chi connectivity index (χ3n) is 3.06. The van der Waals surface area contributed by atoms with Gasteiger partial charge in [0.2, 0.25) is 0 Å². The van der Waals surface area contributed by atoms with Gasteiger partial charge in [-0.05, 0) is 44.0 Å². The average Bonchev–Trinajstić information content (AvgIpc) is 2.42. The minimum Gasteiger partial charge on any atom is -0.488 e. The number of nitrogens with one attached hydrogen (secondary N) is 1. The Labute approximate surface area is 123 Å². The van der Waals surface area contributed by atoms with Gasteiger partial charge in [0.25, 0.3) is 5.91 Å². The van der Waals surface area contributed by atoms with Gasteiger partial charge in [0.15, 0.2) is 0 Å². The molecule has 0 spiro atoms. The van der Waals surface area contributed by atoms with Crippen LogP contribution in [0.4, 0.5) is 0 Å². The summed E-state index contributed by atoms with van der Waals surface area (Å²) in [5, 5.41) is 12.6. The largest absolute Gasteiger partial charge is 0.488 e. The van der Waals surface area contributed by atoms with Crippen molar-refractivity contribution in [1.29, 1.82) is 0 Å². The summed E-state index contributed by atoms with van der Waals surface area (Å²) in [6.45, 7) is 2.54. The number of carbonyl (C=O) groups is 1. The van der Waals surface area contributed by atoms with Crippen LogP contribution in [0, 0.1) is 0 Å². The SMILES string of the molecule is CC(O)CCCNC(=O)C1=Cc2cc(Cl)ccc2OC1. The highest BCUT2D eigenvalue weighted by Gasteiger charge is 2.17. The molecule has 1 aromatic carbocycles. The zero-order chi connectivity index (χ0) is 14.5. The van der Waals surface area contributed by atoms with E-state index in [0.29, 0.717) is 23.6 Å². The van der Waals surface area contributed by atoms with Crippen LogP contribution in [-0.2, 0) is 4.79 Å². The van der Waals surface area contributed by atoms with Crippen LogP contribution in [0.2, 0.25) is 5.02 Å². The van der Waals surface area contributed by atoms with Crippen LogP contribution < -0.4 is 10.1 Å². The van der Waals surface area contributed by atoms with Crippen LogP contribution >= 0.6 is 11.6 Å². The van der Waals surface area contributed by atoms with Crippen LogP contribution in [0.5, 0.6) is 5.75 Å². The number of rotatable bonds is 5. The summed E-state index contributed by atoms with van der Waals surface area (Å²) in [4.78, 5) is 12.0. The van der Waals surface area contributed by atoms with Gasteiger partial charge in [-0.1, -0.05) is 11.6 Å². The van der Waals surface area contributed by atoms with E-state index >= 15 is 0 Å². The molecule has 0 fully saturated rings. The molecular weight excluding hydrogens is 278 g/mol. The number of benzene rings is 1. The maximum Gasteiger partial charge on any atom is 0.250 e. The van der Waals surface area contributed by atoms with E-state index < -0.39 is 0 Å². The molecule has 5 heteroatoms. The molecule has 1 unspecified atom stereocenters. The number of amides is 1. The molecule has 0 saturated heterocycles. The van der Waals surface area contributed by atoms with Crippen molar-refractivity contribution in [1.82, 2.24) is 5.32 Å². The lowest BCUT2D eigenvalue weighted by Gasteiger charge is -2.17. The van der Waals surface area contributed by atoms with E-state index in [4.69, 9.17) is 21.4 Å². The molecule has 108 valence electrons. The number of hydrogen-bond donors (Lipinski definition) is 2. The molecule has 0 bridgehead atoms. The van der Waals surface area contributed by atoms with Gasteiger partial charge in [-0.3, -0.25) is 4.79 Å². The molecule has 0 radical (unpaired) electrons. The Morgan fingerprint density at radius 2 is 2.35 bits per heavy atom. The minimum atomic E-state index is -0.335. The second kappa shape index (κ2) is 6.77. The monoisotopic (exact) mass is 295 g/mol. The Balaban J connectivity index is 1.94. The maximum absolute atomic E-state index is 12.0. The van der Waals surface area contributed by atoms with E-state index in [-0.39, 0.29) is 18.6 Å². The molecule has 0 aromatic heterocycles.